The maximum atomic E-state index is 13.1. The van der Waals surface area contributed by atoms with Crippen LogP contribution in [0.4, 0.5) is 0 Å². The number of aromatic nitrogens is 2. The summed E-state index contributed by atoms with van der Waals surface area (Å²) in [6.45, 7) is 5.03. The van der Waals surface area contributed by atoms with E-state index < -0.39 is 0 Å². The molecule has 5 heteroatoms. The largest absolute Gasteiger partial charge is 0.326 e. The monoisotopic (exact) mass is 393 g/mol. The molecule has 1 amide bonds. The smallest absolute Gasteiger partial charge is 0.273 e. The highest BCUT2D eigenvalue weighted by Gasteiger charge is 2.41. The number of unbranched alkanes of at least 4 members (excludes halogenated alkanes) is 1. The van der Waals surface area contributed by atoms with Crippen LogP contribution < -0.4 is 0 Å². The molecule has 0 fully saturated rings. The number of aromatic amines is 1. The number of hydrogen-bond donors (Lipinski definition) is 1. The summed E-state index contributed by atoms with van der Waals surface area (Å²) >= 11 is 6.06. The highest BCUT2D eigenvalue weighted by atomic mass is 35.5. The predicted molar refractivity (Wildman–Crippen MR) is 113 cm³/mol. The molecule has 0 saturated carbocycles. The third kappa shape index (κ3) is 3.22. The van der Waals surface area contributed by atoms with Crippen molar-refractivity contribution in [3.63, 3.8) is 0 Å². The molecule has 4 rings (SSSR count). The van der Waals surface area contributed by atoms with Gasteiger partial charge in [0.15, 0.2) is 0 Å². The highest BCUT2D eigenvalue weighted by molar-refractivity contribution is 6.30. The van der Waals surface area contributed by atoms with Crippen LogP contribution in [-0.4, -0.2) is 27.5 Å². The summed E-state index contributed by atoms with van der Waals surface area (Å²) in [4.78, 5) is 15.1. The molecule has 2 aromatic carbocycles. The van der Waals surface area contributed by atoms with Gasteiger partial charge >= 0.3 is 0 Å². The summed E-state index contributed by atoms with van der Waals surface area (Å²) < 4.78 is 0. The number of benzene rings is 2. The second-order valence-electron chi connectivity index (χ2n) is 7.22. The van der Waals surface area contributed by atoms with E-state index in [1.807, 2.05) is 29.2 Å². The van der Waals surface area contributed by atoms with Crippen LogP contribution in [0.3, 0.4) is 0 Å². The van der Waals surface area contributed by atoms with Gasteiger partial charge in [-0.2, -0.15) is 5.10 Å². The summed E-state index contributed by atoms with van der Waals surface area (Å²) in [6, 6.07) is 16.1. The second kappa shape index (κ2) is 7.80. The Bertz CT molecular complexity index is 976. The van der Waals surface area contributed by atoms with E-state index >= 15 is 0 Å². The molecule has 1 atom stereocenters. The Morgan fingerprint density at radius 3 is 2.43 bits per heavy atom. The molecule has 3 aromatic rings. The fraction of sp³-hybridized carbons (Fsp3) is 0.304. The van der Waals surface area contributed by atoms with Gasteiger partial charge in [0.25, 0.3) is 5.91 Å². The van der Waals surface area contributed by atoms with Crippen LogP contribution in [-0.2, 0) is 6.42 Å². The van der Waals surface area contributed by atoms with Gasteiger partial charge in [0.2, 0.25) is 0 Å². The topological polar surface area (TPSA) is 49.0 Å². The van der Waals surface area contributed by atoms with Crippen molar-refractivity contribution in [1.29, 1.82) is 0 Å². The molecule has 1 N–H and O–H groups in total. The first kappa shape index (κ1) is 18.8. The minimum atomic E-state index is -0.121. The maximum absolute atomic E-state index is 13.1. The lowest BCUT2D eigenvalue weighted by Crippen LogP contribution is -2.30. The SMILES string of the molecule is CCCCN1C(=O)c2[nH]nc(-c3ccc(Cl)cc3)c2C1c1ccc(CC)cc1. The molecule has 1 aromatic heterocycles. The molecule has 0 saturated heterocycles. The van der Waals surface area contributed by atoms with Gasteiger partial charge in [-0.15, -0.1) is 0 Å². The minimum Gasteiger partial charge on any atom is -0.326 e. The first-order valence-corrected chi connectivity index (χ1v) is 10.3. The Labute approximate surface area is 170 Å². The number of H-pyrrole nitrogens is 1. The van der Waals surface area contributed by atoms with Crippen molar-refractivity contribution in [3.8, 4) is 11.3 Å². The number of nitrogens with zero attached hydrogens (tertiary/aromatic N) is 2. The van der Waals surface area contributed by atoms with Gasteiger partial charge in [0, 0.05) is 22.7 Å². The van der Waals surface area contributed by atoms with Gasteiger partial charge in [-0.3, -0.25) is 9.89 Å². The Morgan fingerprint density at radius 2 is 1.79 bits per heavy atom. The standard InChI is InChI=1S/C23H24ClN3O/c1-3-5-14-27-22(17-8-6-15(4-2)7-9-17)19-20(25-26-21(19)23(27)28)16-10-12-18(24)13-11-16/h6-13,22H,3-5,14H2,1-2H3,(H,25,26). The number of carbonyl (C=O) groups excluding carboxylic acids is 1. The predicted octanol–water partition coefficient (Wildman–Crippen LogP) is 5.64. The zero-order valence-electron chi connectivity index (χ0n) is 16.2. The molecule has 1 unspecified atom stereocenters. The van der Waals surface area contributed by atoms with Crippen molar-refractivity contribution in [3.05, 3.63) is 75.9 Å². The summed E-state index contributed by atoms with van der Waals surface area (Å²) in [5.74, 6) is 0.0285. The van der Waals surface area contributed by atoms with Crippen LogP contribution in [0.2, 0.25) is 5.02 Å². The molecule has 28 heavy (non-hydrogen) atoms. The van der Waals surface area contributed by atoms with Crippen molar-refractivity contribution in [2.24, 2.45) is 0 Å². The molecular weight excluding hydrogens is 370 g/mol. The summed E-state index contributed by atoms with van der Waals surface area (Å²) in [5.41, 5.74) is 5.76. The molecule has 1 aliphatic heterocycles. The van der Waals surface area contributed by atoms with Crippen LogP contribution in [0.15, 0.2) is 48.5 Å². The quantitative estimate of drug-likeness (QED) is 0.589. The Kier molecular flexibility index (Phi) is 5.23. The zero-order valence-corrected chi connectivity index (χ0v) is 17.0. The van der Waals surface area contributed by atoms with Gasteiger partial charge < -0.3 is 4.90 Å². The number of halogens is 1. The van der Waals surface area contributed by atoms with Crippen LogP contribution >= 0.6 is 11.6 Å². The van der Waals surface area contributed by atoms with E-state index in [9.17, 15) is 4.79 Å². The van der Waals surface area contributed by atoms with E-state index in [0.29, 0.717) is 10.7 Å². The van der Waals surface area contributed by atoms with Crippen molar-refractivity contribution in [2.45, 2.75) is 39.2 Å². The van der Waals surface area contributed by atoms with E-state index in [0.717, 1.165) is 48.2 Å². The van der Waals surface area contributed by atoms with Crippen LogP contribution in [0.25, 0.3) is 11.3 Å². The Hall–Kier alpha value is -2.59. The lowest BCUT2D eigenvalue weighted by atomic mass is 9.95. The molecule has 2 heterocycles. The molecule has 1 aliphatic rings. The zero-order chi connectivity index (χ0) is 19.7. The number of hydrogen-bond acceptors (Lipinski definition) is 2. The number of carbonyl (C=O) groups is 1. The van der Waals surface area contributed by atoms with Crippen molar-refractivity contribution >= 4 is 17.5 Å². The summed E-state index contributed by atoms with van der Waals surface area (Å²) in [5, 5.41) is 8.18. The van der Waals surface area contributed by atoms with Gasteiger partial charge in [0.1, 0.15) is 5.69 Å². The highest BCUT2D eigenvalue weighted by Crippen LogP contribution is 2.43. The van der Waals surface area contributed by atoms with E-state index in [1.165, 1.54) is 5.56 Å². The van der Waals surface area contributed by atoms with Gasteiger partial charge in [-0.25, -0.2) is 0 Å². The van der Waals surface area contributed by atoms with E-state index in [1.54, 1.807) is 0 Å². The first-order valence-electron chi connectivity index (χ1n) is 9.88. The molecule has 144 valence electrons. The van der Waals surface area contributed by atoms with Crippen LogP contribution in [0.5, 0.6) is 0 Å². The van der Waals surface area contributed by atoms with Crippen molar-refractivity contribution < 1.29 is 4.79 Å². The van der Waals surface area contributed by atoms with Crippen molar-refractivity contribution in [2.75, 3.05) is 6.54 Å². The van der Waals surface area contributed by atoms with E-state index in [-0.39, 0.29) is 11.9 Å². The van der Waals surface area contributed by atoms with E-state index in [4.69, 9.17) is 11.6 Å². The number of nitrogens with one attached hydrogen (secondary N) is 1. The number of rotatable bonds is 6. The number of aryl methyl sites for hydroxylation is 1. The maximum Gasteiger partial charge on any atom is 0.273 e. The van der Waals surface area contributed by atoms with Crippen LogP contribution in [0.1, 0.15) is 59.9 Å². The van der Waals surface area contributed by atoms with E-state index in [2.05, 4.69) is 48.3 Å². The number of amides is 1. The fourth-order valence-corrected chi connectivity index (χ4v) is 3.99. The third-order valence-electron chi connectivity index (χ3n) is 5.44. The molecule has 4 nitrogen and oxygen atoms in total. The lowest BCUT2D eigenvalue weighted by Gasteiger charge is -2.26. The van der Waals surface area contributed by atoms with Crippen LogP contribution in [0, 0.1) is 0 Å². The first-order chi connectivity index (χ1) is 13.6. The van der Waals surface area contributed by atoms with Gasteiger partial charge in [-0.1, -0.05) is 68.3 Å². The Morgan fingerprint density at radius 1 is 1.07 bits per heavy atom. The summed E-state index contributed by atoms with van der Waals surface area (Å²) in [6.07, 6.45) is 3.02. The summed E-state index contributed by atoms with van der Waals surface area (Å²) in [7, 11) is 0. The average molecular weight is 394 g/mol. The lowest BCUT2D eigenvalue weighted by molar-refractivity contribution is 0.0741. The fourth-order valence-electron chi connectivity index (χ4n) is 3.87. The third-order valence-corrected chi connectivity index (χ3v) is 5.69. The van der Waals surface area contributed by atoms with Crippen molar-refractivity contribution in [1.82, 2.24) is 15.1 Å². The molecular formula is C23H24ClN3O. The molecule has 0 radical (unpaired) electrons. The Balaban J connectivity index is 1.83. The molecule has 0 spiro atoms. The van der Waals surface area contributed by atoms with Gasteiger partial charge in [0.05, 0.1) is 11.7 Å². The number of fused-ring (bicyclic) bond motifs is 1. The average Bonchev–Trinajstić information content (AvgIpc) is 3.26. The van der Waals surface area contributed by atoms with Gasteiger partial charge in [-0.05, 0) is 36.1 Å². The minimum absolute atomic E-state index is 0.0285. The molecule has 0 bridgehead atoms. The second-order valence-corrected chi connectivity index (χ2v) is 7.65. The molecule has 0 aliphatic carbocycles. The normalized spacial score (nSPS) is 15.9.